The minimum absolute atomic E-state index is 0.348. The number of halogens is 1. The predicted molar refractivity (Wildman–Crippen MR) is 86.4 cm³/mol. The summed E-state index contributed by atoms with van der Waals surface area (Å²) in [5, 5.41) is 4.67. The Morgan fingerprint density at radius 3 is 2.65 bits per heavy atom. The van der Waals surface area contributed by atoms with Crippen molar-refractivity contribution in [1.29, 1.82) is 0 Å². The van der Waals surface area contributed by atoms with E-state index in [0.29, 0.717) is 6.04 Å². The van der Waals surface area contributed by atoms with Gasteiger partial charge in [-0.25, -0.2) is 0 Å². The fourth-order valence-corrected chi connectivity index (χ4v) is 4.03. The van der Waals surface area contributed by atoms with Crippen LogP contribution in [0.25, 0.3) is 0 Å². The van der Waals surface area contributed by atoms with E-state index in [4.69, 9.17) is 5.84 Å². The quantitative estimate of drug-likeness (QED) is 0.591. The predicted octanol–water partition coefficient (Wildman–Crippen LogP) is 3.18. The zero-order chi connectivity index (χ0) is 14.5. The van der Waals surface area contributed by atoms with Crippen molar-refractivity contribution in [1.82, 2.24) is 15.2 Å². The van der Waals surface area contributed by atoms with Crippen molar-refractivity contribution in [2.75, 3.05) is 0 Å². The van der Waals surface area contributed by atoms with Gasteiger partial charge in [-0.1, -0.05) is 32.6 Å². The third-order valence-electron chi connectivity index (χ3n) is 4.46. The highest BCUT2D eigenvalue weighted by atomic mass is 79.9. The summed E-state index contributed by atoms with van der Waals surface area (Å²) in [7, 11) is 0. The van der Waals surface area contributed by atoms with Gasteiger partial charge in [0.1, 0.15) is 0 Å². The van der Waals surface area contributed by atoms with Gasteiger partial charge in [-0.15, -0.1) is 0 Å². The minimum Gasteiger partial charge on any atom is -0.271 e. The van der Waals surface area contributed by atoms with Gasteiger partial charge in [0.2, 0.25) is 0 Å². The van der Waals surface area contributed by atoms with Crippen LogP contribution in [0.5, 0.6) is 0 Å². The molecule has 1 atom stereocenters. The molecule has 0 spiro atoms. The average molecular weight is 343 g/mol. The van der Waals surface area contributed by atoms with E-state index in [2.05, 4.69) is 45.0 Å². The minimum atomic E-state index is 0.348. The summed E-state index contributed by atoms with van der Waals surface area (Å²) in [6, 6.07) is 0.348. The first-order chi connectivity index (χ1) is 9.69. The van der Waals surface area contributed by atoms with Crippen LogP contribution in [0.4, 0.5) is 0 Å². The molecule has 1 heterocycles. The fraction of sp³-hybridized carbons (Fsp3) is 0.800. The summed E-state index contributed by atoms with van der Waals surface area (Å²) in [5.74, 6) is 6.63. The van der Waals surface area contributed by atoms with Crippen LogP contribution in [0, 0.1) is 5.92 Å². The maximum absolute atomic E-state index is 5.78. The molecule has 1 saturated carbocycles. The third-order valence-corrected chi connectivity index (χ3v) is 5.38. The number of aromatic nitrogens is 2. The molecule has 0 amide bonds. The lowest BCUT2D eigenvalue weighted by atomic mass is 9.96. The molecule has 2 rings (SSSR count). The Labute approximate surface area is 130 Å². The van der Waals surface area contributed by atoms with Gasteiger partial charge in [0.25, 0.3) is 0 Å². The first-order valence-electron chi connectivity index (χ1n) is 7.89. The molecule has 1 unspecified atom stereocenters. The van der Waals surface area contributed by atoms with Crippen molar-refractivity contribution in [2.45, 2.75) is 71.4 Å². The molecular formula is C15H27BrN4. The summed E-state index contributed by atoms with van der Waals surface area (Å²) < 4.78 is 3.29. The Balaban J connectivity index is 2.07. The van der Waals surface area contributed by atoms with Crippen molar-refractivity contribution in [3.05, 3.63) is 15.9 Å². The topological polar surface area (TPSA) is 55.9 Å². The third kappa shape index (κ3) is 3.62. The Hall–Kier alpha value is -0.390. The molecule has 0 aliphatic heterocycles. The van der Waals surface area contributed by atoms with Gasteiger partial charge in [-0.3, -0.25) is 16.0 Å². The smallest absolute Gasteiger partial charge is 0.0766 e. The second-order valence-corrected chi connectivity index (χ2v) is 6.62. The fourth-order valence-electron chi connectivity index (χ4n) is 3.30. The SMILES string of the molecule is CCc1nn(CC)c(CC(CC2CCCC2)NN)c1Br. The van der Waals surface area contributed by atoms with Crippen molar-refractivity contribution >= 4 is 15.9 Å². The van der Waals surface area contributed by atoms with Gasteiger partial charge in [0.15, 0.2) is 0 Å². The second-order valence-electron chi connectivity index (χ2n) is 5.83. The van der Waals surface area contributed by atoms with E-state index in [0.717, 1.165) is 31.0 Å². The molecule has 114 valence electrons. The van der Waals surface area contributed by atoms with Crippen LogP contribution in [0.2, 0.25) is 0 Å². The molecule has 5 heteroatoms. The molecule has 4 nitrogen and oxygen atoms in total. The molecule has 1 aromatic heterocycles. The van der Waals surface area contributed by atoms with Crippen LogP contribution in [0.15, 0.2) is 4.47 Å². The summed E-state index contributed by atoms with van der Waals surface area (Å²) in [6.07, 6.45) is 8.61. The molecule has 0 bridgehead atoms. The van der Waals surface area contributed by atoms with E-state index >= 15 is 0 Å². The normalized spacial score (nSPS) is 17.8. The first kappa shape index (κ1) is 16.0. The van der Waals surface area contributed by atoms with Crippen molar-refractivity contribution in [3.8, 4) is 0 Å². The largest absolute Gasteiger partial charge is 0.271 e. The number of hydrazine groups is 1. The summed E-state index contributed by atoms with van der Waals surface area (Å²) in [6.45, 7) is 5.20. The number of rotatable bonds is 7. The van der Waals surface area contributed by atoms with E-state index in [9.17, 15) is 0 Å². The highest BCUT2D eigenvalue weighted by molar-refractivity contribution is 9.10. The lowest BCUT2D eigenvalue weighted by Gasteiger charge is -2.20. The summed E-state index contributed by atoms with van der Waals surface area (Å²) >= 11 is 3.72. The molecular weight excluding hydrogens is 316 g/mol. The molecule has 20 heavy (non-hydrogen) atoms. The van der Waals surface area contributed by atoms with E-state index in [1.54, 1.807) is 0 Å². The second kappa shape index (κ2) is 7.57. The van der Waals surface area contributed by atoms with Crippen LogP contribution in [-0.4, -0.2) is 15.8 Å². The van der Waals surface area contributed by atoms with Gasteiger partial charge < -0.3 is 0 Å². The van der Waals surface area contributed by atoms with E-state index in [-0.39, 0.29) is 0 Å². The van der Waals surface area contributed by atoms with Crippen molar-refractivity contribution in [2.24, 2.45) is 11.8 Å². The summed E-state index contributed by atoms with van der Waals surface area (Å²) in [4.78, 5) is 0. The number of hydrogen-bond acceptors (Lipinski definition) is 3. The molecule has 1 fully saturated rings. The maximum Gasteiger partial charge on any atom is 0.0766 e. The molecule has 1 aliphatic carbocycles. The molecule has 0 aromatic carbocycles. The van der Waals surface area contributed by atoms with E-state index in [1.807, 2.05) is 0 Å². The Morgan fingerprint density at radius 1 is 1.40 bits per heavy atom. The lowest BCUT2D eigenvalue weighted by Crippen LogP contribution is -2.38. The van der Waals surface area contributed by atoms with Gasteiger partial charge in [0.05, 0.1) is 15.9 Å². The van der Waals surface area contributed by atoms with Gasteiger partial charge >= 0.3 is 0 Å². The van der Waals surface area contributed by atoms with Crippen LogP contribution < -0.4 is 11.3 Å². The lowest BCUT2D eigenvalue weighted by molar-refractivity contribution is 0.382. The van der Waals surface area contributed by atoms with Gasteiger partial charge in [-0.05, 0) is 41.6 Å². The Kier molecular flexibility index (Phi) is 6.05. The molecule has 1 aliphatic rings. The van der Waals surface area contributed by atoms with Crippen molar-refractivity contribution in [3.63, 3.8) is 0 Å². The molecule has 0 saturated heterocycles. The average Bonchev–Trinajstić information content (AvgIpc) is 3.07. The van der Waals surface area contributed by atoms with Gasteiger partial charge in [0, 0.05) is 19.0 Å². The monoisotopic (exact) mass is 342 g/mol. The van der Waals surface area contributed by atoms with E-state index < -0.39 is 0 Å². The Bertz CT molecular complexity index is 424. The highest BCUT2D eigenvalue weighted by Gasteiger charge is 2.22. The number of aryl methyl sites for hydroxylation is 2. The van der Waals surface area contributed by atoms with Crippen LogP contribution in [0.3, 0.4) is 0 Å². The zero-order valence-electron chi connectivity index (χ0n) is 12.7. The Morgan fingerprint density at radius 2 is 2.10 bits per heavy atom. The van der Waals surface area contributed by atoms with E-state index in [1.165, 1.54) is 42.3 Å². The molecule has 3 N–H and O–H groups in total. The zero-order valence-corrected chi connectivity index (χ0v) is 14.2. The highest BCUT2D eigenvalue weighted by Crippen LogP contribution is 2.30. The number of nitrogens with two attached hydrogens (primary N) is 1. The van der Waals surface area contributed by atoms with Crippen LogP contribution in [-0.2, 0) is 19.4 Å². The molecule has 0 radical (unpaired) electrons. The van der Waals surface area contributed by atoms with Crippen LogP contribution >= 0.6 is 15.9 Å². The maximum atomic E-state index is 5.78. The van der Waals surface area contributed by atoms with Crippen LogP contribution in [0.1, 0.15) is 57.3 Å². The number of nitrogens with zero attached hydrogens (tertiary/aromatic N) is 2. The number of hydrogen-bond donors (Lipinski definition) is 2. The first-order valence-corrected chi connectivity index (χ1v) is 8.69. The van der Waals surface area contributed by atoms with Crippen molar-refractivity contribution < 1.29 is 0 Å². The molecule has 1 aromatic rings. The standard InChI is InChI=1S/C15H27BrN4/c1-3-13-15(16)14(20(4-2)19-13)10-12(18-17)9-11-7-5-6-8-11/h11-12,18H,3-10,17H2,1-2H3. The van der Waals surface area contributed by atoms with Gasteiger partial charge in [-0.2, -0.15) is 5.10 Å². The summed E-state index contributed by atoms with van der Waals surface area (Å²) in [5.41, 5.74) is 5.46. The number of nitrogens with one attached hydrogen (secondary N) is 1.